The fourth-order valence-electron chi connectivity index (χ4n) is 2.86. The molecule has 9 heteroatoms. The number of hydrogen-bond donors (Lipinski definition) is 1. The summed E-state index contributed by atoms with van der Waals surface area (Å²) in [6.45, 7) is 1.69. The van der Waals surface area contributed by atoms with Gasteiger partial charge in [0.05, 0.1) is 11.9 Å². The van der Waals surface area contributed by atoms with Crippen molar-refractivity contribution >= 4 is 45.8 Å². The molecule has 2 aromatic heterocycles. The number of anilines is 1. The van der Waals surface area contributed by atoms with E-state index < -0.39 is 0 Å². The van der Waals surface area contributed by atoms with Crippen LogP contribution in [0.4, 0.5) is 5.69 Å². The lowest BCUT2D eigenvalue weighted by Crippen LogP contribution is -2.27. The molecule has 29 heavy (non-hydrogen) atoms. The predicted octanol–water partition coefficient (Wildman–Crippen LogP) is 3.84. The molecule has 0 atom stereocenters. The minimum absolute atomic E-state index is 0.181. The van der Waals surface area contributed by atoms with Crippen molar-refractivity contribution in [2.45, 2.75) is 13.5 Å². The van der Waals surface area contributed by atoms with Crippen molar-refractivity contribution in [2.24, 2.45) is 0 Å². The highest BCUT2D eigenvalue weighted by Gasteiger charge is 2.13. The lowest BCUT2D eigenvalue weighted by Gasteiger charge is -2.09. The van der Waals surface area contributed by atoms with Crippen LogP contribution in [0.1, 0.15) is 5.56 Å². The zero-order valence-corrected chi connectivity index (χ0v) is 16.8. The summed E-state index contributed by atoms with van der Waals surface area (Å²) in [5.41, 5.74) is 2.24. The van der Waals surface area contributed by atoms with Gasteiger partial charge in [0.25, 0.3) is 5.56 Å². The van der Waals surface area contributed by atoms with Crippen LogP contribution >= 0.6 is 23.2 Å². The van der Waals surface area contributed by atoms with Crippen LogP contribution in [-0.4, -0.2) is 25.2 Å². The number of fused-ring (bicyclic) bond motifs is 1. The SMILES string of the molecule is Cc1ccc(NC(=O)Cn2cnc3c(cnn3-c3ccc(Cl)cc3)c2=O)cc1Cl. The first-order chi connectivity index (χ1) is 13.9. The molecule has 2 aromatic carbocycles. The molecule has 0 saturated heterocycles. The molecule has 0 unspecified atom stereocenters. The van der Waals surface area contributed by atoms with Crippen LogP contribution in [-0.2, 0) is 11.3 Å². The summed E-state index contributed by atoms with van der Waals surface area (Å²) in [6.07, 6.45) is 2.77. The Morgan fingerprint density at radius 2 is 1.90 bits per heavy atom. The Morgan fingerprint density at radius 1 is 1.14 bits per heavy atom. The standard InChI is InChI=1S/C20H15Cl2N5O2/c1-12-2-5-14(8-17(12)22)25-18(28)10-26-11-23-19-16(20(26)29)9-24-27(19)15-6-3-13(21)4-7-15/h2-9,11H,10H2,1H3,(H,25,28). The Morgan fingerprint density at radius 3 is 2.62 bits per heavy atom. The molecule has 2 heterocycles. The molecule has 0 saturated carbocycles. The first kappa shape index (κ1) is 19.2. The van der Waals surface area contributed by atoms with E-state index in [1.165, 1.54) is 17.1 Å². The molecular weight excluding hydrogens is 413 g/mol. The van der Waals surface area contributed by atoms with Gasteiger partial charge in [-0.15, -0.1) is 0 Å². The maximum Gasteiger partial charge on any atom is 0.264 e. The van der Waals surface area contributed by atoms with E-state index in [1.807, 2.05) is 13.0 Å². The zero-order chi connectivity index (χ0) is 20.5. The van der Waals surface area contributed by atoms with Crippen LogP contribution < -0.4 is 10.9 Å². The number of hydrogen-bond acceptors (Lipinski definition) is 4. The second-order valence-corrected chi connectivity index (χ2v) is 7.30. The highest BCUT2D eigenvalue weighted by atomic mass is 35.5. The van der Waals surface area contributed by atoms with Crippen LogP contribution in [0, 0.1) is 6.92 Å². The number of nitrogens with zero attached hydrogens (tertiary/aromatic N) is 4. The Balaban J connectivity index is 1.59. The van der Waals surface area contributed by atoms with E-state index in [0.717, 1.165) is 11.3 Å². The van der Waals surface area contributed by atoms with Gasteiger partial charge in [-0.3, -0.25) is 14.2 Å². The average molecular weight is 428 g/mol. The summed E-state index contributed by atoms with van der Waals surface area (Å²) < 4.78 is 2.78. The van der Waals surface area contributed by atoms with Gasteiger partial charge < -0.3 is 5.32 Å². The predicted molar refractivity (Wildman–Crippen MR) is 113 cm³/mol. The normalized spacial score (nSPS) is 11.0. The van der Waals surface area contributed by atoms with Crippen molar-refractivity contribution in [3.63, 3.8) is 0 Å². The topological polar surface area (TPSA) is 81.8 Å². The third-order valence-corrected chi connectivity index (χ3v) is 5.05. The Labute approximate surface area is 175 Å². The second-order valence-electron chi connectivity index (χ2n) is 6.46. The zero-order valence-electron chi connectivity index (χ0n) is 15.3. The minimum atomic E-state index is -0.363. The summed E-state index contributed by atoms with van der Waals surface area (Å²) in [6, 6.07) is 12.2. The van der Waals surface area contributed by atoms with Gasteiger partial charge in [0.1, 0.15) is 18.3 Å². The number of amides is 1. The third-order valence-electron chi connectivity index (χ3n) is 4.40. The number of rotatable bonds is 4. The van der Waals surface area contributed by atoms with Gasteiger partial charge in [-0.25, -0.2) is 9.67 Å². The number of nitrogens with one attached hydrogen (secondary N) is 1. The van der Waals surface area contributed by atoms with Gasteiger partial charge in [-0.2, -0.15) is 5.10 Å². The van der Waals surface area contributed by atoms with E-state index >= 15 is 0 Å². The maximum absolute atomic E-state index is 12.8. The molecule has 0 fully saturated rings. The van der Waals surface area contributed by atoms with Crippen molar-refractivity contribution in [3.8, 4) is 5.69 Å². The summed E-state index contributed by atoms with van der Waals surface area (Å²) in [4.78, 5) is 29.4. The number of carbonyl (C=O) groups is 1. The Hall–Kier alpha value is -3.16. The van der Waals surface area contributed by atoms with Crippen LogP contribution in [0.5, 0.6) is 0 Å². The molecule has 7 nitrogen and oxygen atoms in total. The highest BCUT2D eigenvalue weighted by molar-refractivity contribution is 6.31. The molecule has 0 radical (unpaired) electrons. The van der Waals surface area contributed by atoms with Gasteiger partial charge in [0.2, 0.25) is 5.91 Å². The van der Waals surface area contributed by atoms with E-state index in [0.29, 0.717) is 26.8 Å². The monoisotopic (exact) mass is 427 g/mol. The van der Waals surface area contributed by atoms with Gasteiger partial charge >= 0.3 is 0 Å². The molecule has 0 spiro atoms. The number of aromatic nitrogens is 4. The van der Waals surface area contributed by atoms with E-state index in [1.54, 1.807) is 41.1 Å². The van der Waals surface area contributed by atoms with E-state index in [4.69, 9.17) is 23.2 Å². The minimum Gasteiger partial charge on any atom is -0.324 e. The third kappa shape index (κ3) is 3.87. The first-order valence-electron chi connectivity index (χ1n) is 8.67. The van der Waals surface area contributed by atoms with Crippen molar-refractivity contribution < 1.29 is 4.79 Å². The molecule has 146 valence electrons. The number of benzene rings is 2. The average Bonchev–Trinajstić information content (AvgIpc) is 3.12. The van der Waals surface area contributed by atoms with E-state index in [-0.39, 0.29) is 18.0 Å². The highest BCUT2D eigenvalue weighted by Crippen LogP contribution is 2.20. The molecule has 0 bridgehead atoms. The summed E-state index contributed by atoms with van der Waals surface area (Å²) in [7, 11) is 0. The largest absolute Gasteiger partial charge is 0.324 e. The van der Waals surface area contributed by atoms with Crippen molar-refractivity contribution in [1.82, 2.24) is 19.3 Å². The van der Waals surface area contributed by atoms with Gasteiger partial charge in [0.15, 0.2) is 5.65 Å². The molecule has 1 N–H and O–H groups in total. The van der Waals surface area contributed by atoms with Gasteiger partial charge in [0, 0.05) is 15.7 Å². The Bertz CT molecular complexity index is 1280. The van der Waals surface area contributed by atoms with Gasteiger partial charge in [-0.1, -0.05) is 29.3 Å². The quantitative estimate of drug-likeness (QED) is 0.536. The molecular formula is C20H15Cl2N5O2. The fraction of sp³-hybridized carbons (Fsp3) is 0.100. The Kier molecular flexibility index (Phi) is 5.08. The number of carbonyl (C=O) groups excluding carboxylic acids is 1. The molecule has 0 aliphatic heterocycles. The second kappa shape index (κ2) is 7.69. The van der Waals surface area contributed by atoms with E-state index in [2.05, 4.69) is 15.4 Å². The maximum atomic E-state index is 12.8. The van der Waals surface area contributed by atoms with E-state index in [9.17, 15) is 9.59 Å². The molecule has 0 aliphatic carbocycles. The van der Waals surface area contributed by atoms with Crippen molar-refractivity contribution in [2.75, 3.05) is 5.32 Å². The number of halogens is 2. The van der Waals surface area contributed by atoms with Crippen LogP contribution in [0.2, 0.25) is 10.0 Å². The summed E-state index contributed by atoms with van der Waals surface area (Å²) in [5.74, 6) is -0.363. The smallest absolute Gasteiger partial charge is 0.264 e. The first-order valence-corrected chi connectivity index (χ1v) is 9.43. The molecule has 4 aromatic rings. The van der Waals surface area contributed by atoms with Crippen molar-refractivity contribution in [1.29, 1.82) is 0 Å². The van der Waals surface area contributed by atoms with Crippen LogP contribution in [0.25, 0.3) is 16.7 Å². The van der Waals surface area contributed by atoms with Crippen molar-refractivity contribution in [3.05, 3.63) is 81.0 Å². The lowest BCUT2D eigenvalue weighted by molar-refractivity contribution is -0.116. The lowest BCUT2D eigenvalue weighted by atomic mass is 10.2. The summed E-state index contributed by atoms with van der Waals surface area (Å²) in [5, 5.41) is 8.44. The van der Waals surface area contributed by atoms with Gasteiger partial charge in [-0.05, 0) is 48.9 Å². The van der Waals surface area contributed by atoms with Crippen LogP contribution in [0.3, 0.4) is 0 Å². The molecule has 0 aliphatic rings. The summed E-state index contributed by atoms with van der Waals surface area (Å²) >= 11 is 12.0. The molecule has 4 rings (SSSR count). The fourth-order valence-corrected chi connectivity index (χ4v) is 3.16. The number of aryl methyl sites for hydroxylation is 1. The molecule has 1 amide bonds. The van der Waals surface area contributed by atoms with Crippen LogP contribution in [0.15, 0.2) is 59.8 Å².